The van der Waals surface area contributed by atoms with Crippen LogP contribution in [0.25, 0.3) is 16.9 Å². The first-order valence-corrected chi connectivity index (χ1v) is 9.41. The third-order valence-electron chi connectivity index (χ3n) is 4.32. The largest absolute Gasteiger partial charge is 0.478 e. The quantitative estimate of drug-likeness (QED) is 0.502. The van der Waals surface area contributed by atoms with Gasteiger partial charge in [0, 0.05) is 5.56 Å². The summed E-state index contributed by atoms with van der Waals surface area (Å²) in [7, 11) is 0. The number of aryl methyl sites for hydroxylation is 1. The number of allylic oxidation sites excluding steroid dienone is 2. The first-order valence-electron chi connectivity index (χ1n) is 9.04. The molecule has 3 rings (SSSR count). The van der Waals surface area contributed by atoms with Crippen LogP contribution in [0.1, 0.15) is 35.8 Å². The summed E-state index contributed by atoms with van der Waals surface area (Å²) in [6.07, 6.45) is 6.14. The molecule has 1 N–H and O–H groups in total. The van der Waals surface area contributed by atoms with Crippen molar-refractivity contribution in [3.8, 4) is 16.9 Å². The van der Waals surface area contributed by atoms with Crippen molar-refractivity contribution in [1.82, 2.24) is 9.78 Å². The zero-order valence-corrected chi connectivity index (χ0v) is 16.2. The number of benzene rings is 2. The normalized spacial score (nSPS) is 11.2. The lowest BCUT2D eigenvalue weighted by atomic mass is 10.0. The van der Waals surface area contributed by atoms with Gasteiger partial charge in [-0.05, 0) is 37.5 Å². The molecule has 28 heavy (non-hydrogen) atoms. The summed E-state index contributed by atoms with van der Waals surface area (Å²) in [6.45, 7) is 2.04. The van der Waals surface area contributed by atoms with Gasteiger partial charge in [-0.3, -0.25) is 0 Å². The fraction of sp³-hybridized carbons (Fsp3) is 0.182. The molecule has 3 aromatic rings. The lowest BCUT2D eigenvalue weighted by Crippen LogP contribution is -2.03. The van der Waals surface area contributed by atoms with E-state index in [1.165, 1.54) is 22.9 Å². The molecule has 0 fully saturated rings. The van der Waals surface area contributed by atoms with Crippen LogP contribution in [0, 0.1) is 5.82 Å². The molecule has 4 nitrogen and oxygen atoms in total. The number of hydrogen-bond donors (Lipinski definition) is 1. The maximum atomic E-state index is 13.6. The Hall–Kier alpha value is -2.92. The number of carboxylic acids is 1. The van der Waals surface area contributed by atoms with Crippen molar-refractivity contribution in [2.24, 2.45) is 0 Å². The van der Waals surface area contributed by atoms with E-state index in [9.17, 15) is 14.3 Å². The Morgan fingerprint density at radius 2 is 1.96 bits per heavy atom. The summed E-state index contributed by atoms with van der Waals surface area (Å²) in [6, 6.07) is 13.4. The molecule has 6 heteroatoms. The van der Waals surface area contributed by atoms with Crippen LogP contribution in [0.15, 0.2) is 60.7 Å². The van der Waals surface area contributed by atoms with Crippen LogP contribution in [0.3, 0.4) is 0 Å². The topological polar surface area (TPSA) is 55.1 Å². The molecule has 0 atom stereocenters. The monoisotopic (exact) mass is 398 g/mol. The Labute approximate surface area is 167 Å². The van der Waals surface area contributed by atoms with Crippen molar-refractivity contribution in [3.05, 3.63) is 82.8 Å². The van der Waals surface area contributed by atoms with Crippen LogP contribution >= 0.6 is 11.6 Å². The highest BCUT2D eigenvalue weighted by Gasteiger charge is 2.25. The lowest BCUT2D eigenvalue weighted by molar-refractivity contribution is 0.0696. The van der Waals surface area contributed by atoms with E-state index in [0.717, 1.165) is 6.42 Å². The predicted molar refractivity (Wildman–Crippen MR) is 109 cm³/mol. The molecule has 2 aromatic carbocycles. The van der Waals surface area contributed by atoms with Crippen LogP contribution < -0.4 is 0 Å². The molecule has 0 saturated carbocycles. The second kappa shape index (κ2) is 8.85. The zero-order chi connectivity index (χ0) is 20.1. The summed E-state index contributed by atoms with van der Waals surface area (Å²) in [5, 5.41) is 14.4. The highest BCUT2D eigenvalue weighted by atomic mass is 35.5. The molecule has 0 aliphatic rings. The van der Waals surface area contributed by atoms with Crippen molar-refractivity contribution < 1.29 is 14.3 Å². The van der Waals surface area contributed by atoms with Crippen LogP contribution in [-0.2, 0) is 6.42 Å². The van der Waals surface area contributed by atoms with E-state index in [2.05, 4.69) is 5.10 Å². The van der Waals surface area contributed by atoms with Gasteiger partial charge in [0.1, 0.15) is 11.4 Å². The number of rotatable bonds is 7. The Morgan fingerprint density at radius 1 is 1.21 bits per heavy atom. The summed E-state index contributed by atoms with van der Waals surface area (Å²) in [5.74, 6) is -1.59. The molecule has 0 saturated heterocycles. The maximum Gasteiger partial charge on any atom is 0.339 e. The second-order valence-corrected chi connectivity index (χ2v) is 6.68. The first kappa shape index (κ1) is 19.8. The summed E-state index contributed by atoms with van der Waals surface area (Å²) < 4.78 is 15.2. The molecule has 0 amide bonds. The van der Waals surface area contributed by atoms with Gasteiger partial charge in [0.2, 0.25) is 0 Å². The highest BCUT2D eigenvalue weighted by Crippen LogP contribution is 2.31. The van der Waals surface area contributed by atoms with E-state index < -0.39 is 11.8 Å². The average Bonchev–Trinajstić information content (AvgIpc) is 3.08. The van der Waals surface area contributed by atoms with Gasteiger partial charge in [-0.2, -0.15) is 5.10 Å². The number of nitrogens with zero attached hydrogens (tertiary/aromatic N) is 2. The van der Waals surface area contributed by atoms with Crippen molar-refractivity contribution in [2.45, 2.75) is 26.2 Å². The molecule has 144 valence electrons. The van der Waals surface area contributed by atoms with E-state index >= 15 is 0 Å². The minimum Gasteiger partial charge on any atom is -0.478 e. The Kier molecular flexibility index (Phi) is 6.26. The number of aromatic nitrogens is 2. The van der Waals surface area contributed by atoms with Crippen LogP contribution in [0.2, 0.25) is 5.02 Å². The number of aromatic carboxylic acids is 1. The van der Waals surface area contributed by atoms with Crippen LogP contribution in [0.5, 0.6) is 0 Å². The van der Waals surface area contributed by atoms with E-state index in [1.54, 1.807) is 0 Å². The van der Waals surface area contributed by atoms with Gasteiger partial charge in [0.05, 0.1) is 22.1 Å². The lowest BCUT2D eigenvalue weighted by Gasteiger charge is -2.09. The van der Waals surface area contributed by atoms with Gasteiger partial charge in [0.15, 0.2) is 0 Å². The van der Waals surface area contributed by atoms with Gasteiger partial charge in [-0.15, -0.1) is 0 Å². The fourth-order valence-corrected chi connectivity index (χ4v) is 3.21. The Morgan fingerprint density at radius 3 is 2.61 bits per heavy atom. The van der Waals surface area contributed by atoms with Crippen molar-refractivity contribution in [2.75, 3.05) is 0 Å². The molecule has 0 unspecified atom stereocenters. The van der Waals surface area contributed by atoms with E-state index in [4.69, 9.17) is 11.6 Å². The number of halogens is 2. The summed E-state index contributed by atoms with van der Waals surface area (Å²) >= 11 is 5.95. The fourth-order valence-electron chi connectivity index (χ4n) is 3.03. The summed E-state index contributed by atoms with van der Waals surface area (Å²) in [4.78, 5) is 12.1. The third-order valence-corrected chi connectivity index (χ3v) is 4.61. The third kappa shape index (κ3) is 4.15. The van der Waals surface area contributed by atoms with Crippen molar-refractivity contribution >= 4 is 17.6 Å². The number of hydrogen-bond acceptors (Lipinski definition) is 2. The van der Waals surface area contributed by atoms with E-state index in [0.29, 0.717) is 35.5 Å². The van der Waals surface area contributed by atoms with Crippen molar-refractivity contribution in [3.63, 3.8) is 0 Å². The number of carbonyl (C=O) groups is 1. The van der Waals surface area contributed by atoms with Gasteiger partial charge >= 0.3 is 5.97 Å². The second-order valence-electron chi connectivity index (χ2n) is 6.27. The minimum absolute atomic E-state index is 0.0451. The van der Waals surface area contributed by atoms with Crippen molar-refractivity contribution in [1.29, 1.82) is 0 Å². The van der Waals surface area contributed by atoms with Gasteiger partial charge in [0.25, 0.3) is 0 Å². The molecule has 0 spiro atoms. The average molecular weight is 399 g/mol. The van der Waals surface area contributed by atoms with E-state index in [1.807, 2.05) is 49.4 Å². The maximum absolute atomic E-state index is 13.6. The Bertz CT molecular complexity index is 1010. The molecule has 0 bridgehead atoms. The highest BCUT2D eigenvalue weighted by molar-refractivity contribution is 6.30. The molecule has 1 heterocycles. The van der Waals surface area contributed by atoms with Gasteiger partial charge in [-0.25, -0.2) is 13.9 Å². The van der Waals surface area contributed by atoms with E-state index in [-0.39, 0.29) is 10.6 Å². The predicted octanol–water partition coefficient (Wildman–Crippen LogP) is 5.93. The minimum atomic E-state index is -1.05. The SMILES string of the molecule is CCC=CCCc1nn(-c2ccc(F)c(Cl)c2)c(-c2ccccc2)c1C(=O)O. The zero-order valence-electron chi connectivity index (χ0n) is 15.4. The molecular formula is C22H20ClFN2O2. The summed E-state index contributed by atoms with van der Waals surface area (Å²) in [5.41, 5.74) is 2.29. The number of carboxylic acid groups (broad SMARTS) is 1. The molecule has 0 aliphatic carbocycles. The van der Waals surface area contributed by atoms with Crippen LogP contribution in [-0.4, -0.2) is 20.9 Å². The first-order chi connectivity index (χ1) is 13.5. The van der Waals surface area contributed by atoms with Gasteiger partial charge < -0.3 is 5.11 Å². The molecule has 0 aliphatic heterocycles. The molecular weight excluding hydrogens is 379 g/mol. The Balaban J connectivity index is 2.20. The molecule has 1 aromatic heterocycles. The van der Waals surface area contributed by atoms with Gasteiger partial charge in [-0.1, -0.05) is 61.0 Å². The standard InChI is InChI=1S/C22H20ClFN2O2/c1-2-3-4-8-11-19-20(22(27)28)21(15-9-6-5-7-10-15)26(25-19)16-12-13-18(24)17(23)14-16/h3-7,9-10,12-14H,2,8,11H2,1H3,(H,27,28). The van der Waals surface area contributed by atoms with Crippen LogP contribution in [0.4, 0.5) is 4.39 Å². The smallest absolute Gasteiger partial charge is 0.339 e. The molecule has 0 radical (unpaired) electrons.